The first-order valence-corrected chi connectivity index (χ1v) is 12.8. The van der Waals surface area contributed by atoms with Crippen LogP contribution in [0.25, 0.3) is 22.3 Å². The van der Waals surface area contributed by atoms with E-state index < -0.39 is 46.2 Å². The number of benzene rings is 2. The standard InChI is InChI=1S/C30H30O8/c1-27(2)24(32)23(36-26(34)30-14-13-29(5,25(33)38-30)28(30,3)4)21-19(37-27)12-11-17-18(31)15-20(35-22(17)21)16-9-7-6-8-10-16/h6-12,15,23-24,32H,13-14H2,1-5H3/t23-,24-,29+,30-/m1/s1. The molecule has 38 heavy (non-hydrogen) atoms. The van der Waals surface area contributed by atoms with E-state index in [0.29, 0.717) is 29.9 Å². The second-order valence-corrected chi connectivity index (χ2v) is 11.8. The van der Waals surface area contributed by atoms with Crippen molar-refractivity contribution in [1.29, 1.82) is 0 Å². The van der Waals surface area contributed by atoms with Crippen molar-refractivity contribution >= 4 is 22.9 Å². The predicted octanol–water partition coefficient (Wildman–Crippen LogP) is 4.70. The lowest BCUT2D eigenvalue weighted by Crippen LogP contribution is -2.53. The summed E-state index contributed by atoms with van der Waals surface area (Å²) >= 11 is 0. The molecule has 6 rings (SSSR count). The summed E-state index contributed by atoms with van der Waals surface area (Å²) in [5.74, 6) is -0.501. The topological polar surface area (TPSA) is 112 Å². The second-order valence-electron chi connectivity index (χ2n) is 11.8. The summed E-state index contributed by atoms with van der Waals surface area (Å²) in [6.07, 6.45) is -1.74. The highest BCUT2D eigenvalue weighted by molar-refractivity contribution is 5.94. The fourth-order valence-corrected chi connectivity index (χ4v) is 6.23. The summed E-state index contributed by atoms with van der Waals surface area (Å²) in [6.45, 7) is 8.86. The van der Waals surface area contributed by atoms with E-state index in [1.807, 2.05) is 51.1 Å². The number of carbonyl (C=O) groups is 2. The van der Waals surface area contributed by atoms with E-state index in [2.05, 4.69) is 0 Å². The highest BCUT2D eigenvalue weighted by Gasteiger charge is 2.76. The fourth-order valence-electron chi connectivity index (χ4n) is 6.23. The molecule has 1 aromatic heterocycles. The summed E-state index contributed by atoms with van der Waals surface area (Å²) in [4.78, 5) is 39.8. The molecule has 8 heteroatoms. The van der Waals surface area contributed by atoms with E-state index in [1.54, 1.807) is 26.0 Å². The maximum absolute atomic E-state index is 13.9. The molecule has 2 aromatic carbocycles. The van der Waals surface area contributed by atoms with Gasteiger partial charge in [0.05, 0.1) is 16.4 Å². The number of aliphatic hydroxyl groups excluding tert-OH is 1. The molecule has 8 nitrogen and oxygen atoms in total. The zero-order valence-electron chi connectivity index (χ0n) is 22.0. The van der Waals surface area contributed by atoms with Crippen LogP contribution in [0.15, 0.2) is 57.7 Å². The van der Waals surface area contributed by atoms with Crippen molar-refractivity contribution < 1.29 is 33.3 Å². The number of hydrogen-bond acceptors (Lipinski definition) is 8. The van der Waals surface area contributed by atoms with Crippen LogP contribution in [0.1, 0.15) is 59.1 Å². The third-order valence-corrected chi connectivity index (χ3v) is 9.26. The summed E-state index contributed by atoms with van der Waals surface area (Å²) in [6, 6.07) is 13.8. The zero-order valence-corrected chi connectivity index (χ0v) is 22.0. The number of esters is 2. The molecule has 3 aliphatic rings. The Hall–Kier alpha value is -3.65. The molecule has 1 N–H and O–H groups in total. The van der Waals surface area contributed by atoms with Crippen LogP contribution in [0, 0.1) is 10.8 Å². The summed E-state index contributed by atoms with van der Waals surface area (Å²) < 4.78 is 24.2. The molecule has 0 radical (unpaired) electrons. The number of aliphatic hydroxyl groups is 1. The van der Waals surface area contributed by atoms with Gasteiger partial charge in [0.15, 0.2) is 11.5 Å². The number of hydrogen-bond donors (Lipinski definition) is 1. The van der Waals surface area contributed by atoms with Gasteiger partial charge in [0.2, 0.25) is 5.60 Å². The average Bonchev–Trinajstić information content (AvgIpc) is 3.17. The molecule has 1 saturated carbocycles. The van der Waals surface area contributed by atoms with Crippen molar-refractivity contribution in [1.82, 2.24) is 0 Å². The van der Waals surface area contributed by atoms with Crippen molar-refractivity contribution in [3.8, 4) is 17.1 Å². The third-order valence-electron chi connectivity index (χ3n) is 9.26. The van der Waals surface area contributed by atoms with Crippen LogP contribution in [0.4, 0.5) is 0 Å². The van der Waals surface area contributed by atoms with E-state index >= 15 is 0 Å². The molecular formula is C30H30O8. The van der Waals surface area contributed by atoms with Crippen LogP contribution >= 0.6 is 0 Å². The van der Waals surface area contributed by atoms with Crippen molar-refractivity contribution in [3.63, 3.8) is 0 Å². The summed E-state index contributed by atoms with van der Waals surface area (Å²) in [5, 5.41) is 11.7. The number of ether oxygens (including phenoxy) is 3. The molecule has 0 amide bonds. The molecule has 198 valence electrons. The Kier molecular flexibility index (Phi) is 5.00. The van der Waals surface area contributed by atoms with Gasteiger partial charge in [0.1, 0.15) is 28.8 Å². The van der Waals surface area contributed by atoms with E-state index in [9.17, 15) is 19.5 Å². The summed E-state index contributed by atoms with van der Waals surface area (Å²) in [7, 11) is 0. The summed E-state index contributed by atoms with van der Waals surface area (Å²) in [5.41, 5.74) is -3.42. The van der Waals surface area contributed by atoms with Crippen molar-refractivity contribution in [2.75, 3.05) is 0 Å². The minimum Gasteiger partial charge on any atom is -0.484 e. The van der Waals surface area contributed by atoms with Gasteiger partial charge in [0, 0.05) is 17.0 Å². The van der Waals surface area contributed by atoms with Crippen molar-refractivity contribution in [2.45, 2.75) is 70.9 Å². The highest BCUT2D eigenvalue weighted by atomic mass is 16.6. The number of rotatable bonds is 3. The highest BCUT2D eigenvalue weighted by Crippen LogP contribution is 2.66. The van der Waals surface area contributed by atoms with E-state index in [4.69, 9.17) is 18.6 Å². The van der Waals surface area contributed by atoms with Gasteiger partial charge in [-0.05, 0) is 45.7 Å². The Morgan fingerprint density at radius 3 is 2.32 bits per heavy atom. The largest absolute Gasteiger partial charge is 0.484 e. The number of fused-ring (bicyclic) bond motifs is 5. The Balaban J connectivity index is 1.51. The molecule has 0 unspecified atom stereocenters. The third kappa shape index (κ3) is 3.04. The van der Waals surface area contributed by atoms with Gasteiger partial charge < -0.3 is 23.7 Å². The van der Waals surface area contributed by atoms with Gasteiger partial charge in [-0.3, -0.25) is 9.59 Å². The smallest absolute Gasteiger partial charge is 0.351 e. The monoisotopic (exact) mass is 518 g/mol. The Morgan fingerprint density at radius 1 is 0.974 bits per heavy atom. The lowest BCUT2D eigenvalue weighted by atomic mass is 9.66. The molecule has 3 aromatic rings. The van der Waals surface area contributed by atoms with Crippen molar-refractivity contribution in [2.24, 2.45) is 10.8 Å². The van der Waals surface area contributed by atoms with Gasteiger partial charge in [-0.25, -0.2) is 4.79 Å². The van der Waals surface area contributed by atoms with Gasteiger partial charge in [-0.1, -0.05) is 44.2 Å². The maximum Gasteiger partial charge on any atom is 0.351 e. The molecular weight excluding hydrogens is 488 g/mol. The van der Waals surface area contributed by atoms with Gasteiger partial charge in [-0.2, -0.15) is 0 Å². The molecule has 1 saturated heterocycles. The van der Waals surface area contributed by atoms with E-state index in [0.717, 1.165) is 0 Å². The molecule has 2 aliphatic heterocycles. The van der Waals surface area contributed by atoms with Gasteiger partial charge in [0.25, 0.3) is 0 Å². The average molecular weight is 519 g/mol. The van der Waals surface area contributed by atoms with Crippen LogP contribution in [-0.4, -0.2) is 34.4 Å². The SMILES string of the molecule is CC1(C)Oc2ccc3c(=O)cc(-c4ccccc4)oc3c2[C@@H](OC(=O)[C@@]23CC[C@@](C)(C(=O)O2)C3(C)C)[C@H]1O. The molecule has 0 spiro atoms. The minimum absolute atomic E-state index is 0.164. The fraction of sp³-hybridized carbons (Fsp3) is 0.433. The van der Waals surface area contributed by atoms with Gasteiger partial charge in [-0.15, -0.1) is 0 Å². The second kappa shape index (κ2) is 7.69. The first-order chi connectivity index (χ1) is 17.8. The molecule has 2 fully saturated rings. The van der Waals surface area contributed by atoms with Crippen molar-refractivity contribution in [3.05, 3.63) is 64.3 Å². The van der Waals surface area contributed by atoms with E-state index in [1.165, 1.54) is 6.07 Å². The van der Waals surface area contributed by atoms with Crippen LogP contribution < -0.4 is 10.2 Å². The van der Waals surface area contributed by atoms with Gasteiger partial charge >= 0.3 is 11.9 Å². The zero-order chi connectivity index (χ0) is 27.3. The maximum atomic E-state index is 13.9. The molecule has 1 aliphatic carbocycles. The first kappa shape index (κ1) is 24.7. The predicted molar refractivity (Wildman–Crippen MR) is 137 cm³/mol. The molecule has 4 atom stereocenters. The Labute approximate surface area is 219 Å². The lowest BCUT2D eigenvalue weighted by molar-refractivity contribution is -0.199. The van der Waals surface area contributed by atoms with Crippen LogP contribution in [0.3, 0.4) is 0 Å². The molecule has 2 bridgehead atoms. The number of carbonyl (C=O) groups excluding carboxylic acids is 2. The normalized spacial score (nSPS) is 30.4. The van der Waals surface area contributed by atoms with Crippen LogP contribution in [0.5, 0.6) is 5.75 Å². The molecule has 3 heterocycles. The van der Waals surface area contributed by atoms with Crippen LogP contribution in [-0.2, 0) is 19.1 Å². The van der Waals surface area contributed by atoms with Crippen LogP contribution in [0.2, 0.25) is 0 Å². The Bertz CT molecular complexity index is 1550. The lowest BCUT2D eigenvalue weighted by Gasteiger charge is -2.43. The first-order valence-electron chi connectivity index (χ1n) is 12.8. The minimum atomic E-state index is -1.48. The van der Waals surface area contributed by atoms with E-state index in [-0.39, 0.29) is 22.0 Å². The quantitative estimate of drug-likeness (QED) is 0.497. The Morgan fingerprint density at radius 2 is 1.68 bits per heavy atom.